The van der Waals surface area contributed by atoms with Crippen molar-refractivity contribution in [1.82, 2.24) is 10.3 Å². The molecule has 1 aliphatic carbocycles. The molecule has 0 aliphatic heterocycles. The highest BCUT2D eigenvalue weighted by molar-refractivity contribution is 6.33. The molecule has 0 atom stereocenters. The van der Waals surface area contributed by atoms with Crippen LogP contribution >= 0.6 is 11.6 Å². The van der Waals surface area contributed by atoms with E-state index in [1.807, 2.05) is 0 Å². The number of aliphatic hydroxyl groups is 1. The van der Waals surface area contributed by atoms with Crippen molar-refractivity contribution in [2.45, 2.75) is 37.8 Å². The number of hydrogen-bond acceptors (Lipinski definition) is 4. The molecule has 19 heavy (non-hydrogen) atoms. The first-order valence-electron chi connectivity index (χ1n) is 6.42. The van der Waals surface area contributed by atoms with Crippen LogP contribution in [0.4, 0.5) is 5.82 Å². The third-order valence-corrected chi connectivity index (χ3v) is 3.66. The Balaban J connectivity index is 1.98. The lowest BCUT2D eigenvalue weighted by Crippen LogP contribution is -2.38. The molecule has 1 fully saturated rings. The van der Waals surface area contributed by atoms with Crippen molar-refractivity contribution in [2.24, 2.45) is 0 Å². The van der Waals surface area contributed by atoms with Crippen LogP contribution in [-0.4, -0.2) is 35.2 Å². The fraction of sp³-hybridized carbons (Fsp3) is 0.538. The molecule has 1 amide bonds. The molecule has 0 aromatic carbocycles. The predicted molar refractivity (Wildman–Crippen MR) is 74.5 cm³/mol. The molecule has 0 radical (unpaired) electrons. The Labute approximate surface area is 117 Å². The number of halogens is 1. The van der Waals surface area contributed by atoms with Crippen LogP contribution < -0.4 is 10.6 Å². The Hall–Kier alpha value is -1.33. The molecule has 1 aromatic heterocycles. The van der Waals surface area contributed by atoms with Gasteiger partial charge in [-0.1, -0.05) is 11.6 Å². The third kappa shape index (κ3) is 3.58. The SMILES string of the molecule is CNc1ncc(C(=O)NC2CCC(O)CC2)cc1Cl. The molecular weight excluding hydrogens is 266 g/mol. The fourth-order valence-corrected chi connectivity index (χ4v) is 2.50. The number of hydrogen-bond donors (Lipinski definition) is 3. The van der Waals surface area contributed by atoms with Crippen molar-refractivity contribution in [3.8, 4) is 0 Å². The maximum Gasteiger partial charge on any atom is 0.253 e. The zero-order valence-corrected chi connectivity index (χ0v) is 11.6. The number of nitrogens with one attached hydrogen (secondary N) is 2. The largest absolute Gasteiger partial charge is 0.393 e. The zero-order chi connectivity index (χ0) is 13.8. The molecule has 3 N–H and O–H groups in total. The topological polar surface area (TPSA) is 74.2 Å². The molecule has 1 heterocycles. The van der Waals surface area contributed by atoms with Crippen molar-refractivity contribution in [3.05, 3.63) is 22.8 Å². The van der Waals surface area contributed by atoms with Crippen LogP contribution in [0.2, 0.25) is 5.02 Å². The number of anilines is 1. The lowest BCUT2D eigenvalue weighted by atomic mass is 9.93. The Morgan fingerprint density at radius 1 is 1.42 bits per heavy atom. The molecule has 0 unspecified atom stereocenters. The summed E-state index contributed by atoms with van der Waals surface area (Å²) in [5.74, 6) is 0.387. The average Bonchev–Trinajstić information content (AvgIpc) is 2.41. The van der Waals surface area contributed by atoms with Gasteiger partial charge in [0.15, 0.2) is 0 Å². The fourth-order valence-electron chi connectivity index (χ4n) is 2.23. The van der Waals surface area contributed by atoms with E-state index in [1.165, 1.54) is 6.20 Å². The number of carbonyl (C=O) groups excluding carboxylic acids is 1. The van der Waals surface area contributed by atoms with Crippen LogP contribution in [0.5, 0.6) is 0 Å². The summed E-state index contributed by atoms with van der Waals surface area (Å²) in [6.45, 7) is 0. The monoisotopic (exact) mass is 283 g/mol. The van der Waals surface area contributed by atoms with E-state index in [-0.39, 0.29) is 18.1 Å². The molecule has 1 saturated carbocycles. The van der Waals surface area contributed by atoms with Gasteiger partial charge < -0.3 is 15.7 Å². The first-order valence-corrected chi connectivity index (χ1v) is 6.80. The van der Waals surface area contributed by atoms with Crippen LogP contribution in [0.15, 0.2) is 12.3 Å². The second-order valence-electron chi connectivity index (χ2n) is 4.78. The van der Waals surface area contributed by atoms with Crippen molar-refractivity contribution in [2.75, 3.05) is 12.4 Å². The highest BCUT2D eigenvalue weighted by atomic mass is 35.5. The first-order chi connectivity index (χ1) is 9.10. The van der Waals surface area contributed by atoms with Gasteiger partial charge in [0.2, 0.25) is 0 Å². The quantitative estimate of drug-likeness (QED) is 0.791. The van der Waals surface area contributed by atoms with E-state index in [0.717, 1.165) is 25.7 Å². The van der Waals surface area contributed by atoms with Gasteiger partial charge in [-0.25, -0.2) is 4.98 Å². The Kier molecular flexibility index (Phi) is 4.61. The van der Waals surface area contributed by atoms with E-state index in [1.54, 1.807) is 13.1 Å². The number of nitrogens with zero attached hydrogens (tertiary/aromatic N) is 1. The van der Waals surface area contributed by atoms with E-state index in [9.17, 15) is 9.90 Å². The maximum atomic E-state index is 12.1. The minimum atomic E-state index is -0.223. The molecule has 5 nitrogen and oxygen atoms in total. The molecule has 0 bridgehead atoms. The summed E-state index contributed by atoms with van der Waals surface area (Å²) in [7, 11) is 1.72. The number of aromatic nitrogens is 1. The summed E-state index contributed by atoms with van der Waals surface area (Å²) in [6, 6.07) is 1.73. The summed E-state index contributed by atoms with van der Waals surface area (Å²) in [5.41, 5.74) is 0.454. The van der Waals surface area contributed by atoms with Gasteiger partial charge in [0, 0.05) is 19.3 Å². The smallest absolute Gasteiger partial charge is 0.253 e. The molecule has 1 aliphatic rings. The molecule has 1 aromatic rings. The average molecular weight is 284 g/mol. The number of carbonyl (C=O) groups is 1. The van der Waals surface area contributed by atoms with Crippen molar-refractivity contribution in [3.63, 3.8) is 0 Å². The zero-order valence-electron chi connectivity index (χ0n) is 10.8. The standard InChI is InChI=1S/C13H18ClN3O2/c1-15-12-11(14)6-8(7-16-12)13(19)17-9-2-4-10(18)5-3-9/h6-7,9-10,18H,2-5H2,1H3,(H,15,16)(H,17,19). The van der Waals surface area contributed by atoms with E-state index in [2.05, 4.69) is 15.6 Å². The van der Waals surface area contributed by atoms with Gasteiger partial charge in [0.1, 0.15) is 5.82 Å². The van der Waals surface area contributed by atoms with Crippen LogP contribution in [0.3, 0.4) is 0 Å². The molecule has 2 rings (SSSR count). The molecule has 0 spiro atoms. The summed E-state index contributed by atoms with van der Waals surface area (Å²) in [6.07, 6.45) is 4.38. The van der Waals surface area contributed by atoms with Gasteiger partial charge in [-0.15, -0.1) is 0 Å². The minimum absolute atomic E-state index is 0.124. The number of pyridine rings is 1. The van der Waals surface area contributed by atoms with Gasteiger partial charge in [-0.2, -0.15) is 0 Å². The normalized spacial score (nSPS) is 22.9. The van der Waals surface area contributed by atoms with Crippen LogP contribution in [0.25, 0.3) is 0 Å². The first kappa shape index (κ1) is 14.1. The van der Waals surface area contributed by atoms with Gasteiger partial charge >= 0.3 is 0 Å². The number of amides is 1. The van der Waals surface area contributed by atoms with Crippen LogP contribution in [0, 0.1) is 0 Å². The van der Waals surface area contributed by atoms with Crippen LogP contribution in [0.1, 0.15) is 36.0 Å². The summed E-state index contributed by atoms with van der Waals surface area (Å²) < 4.78 is 0. The van der Waals surface area contributed by atoms with Crippen molar-refractivity contribution >= 4 is 23.3 Å². The summed E-state index contributed by atoms with van der Waals surface area (Å²) >= 11 is 6.00. The van der Waals surface area contributed by atoms with E-state index < -0.39 is 0 Å². The third-order valence-electron chi connectivity index (χ3n) is 3.37. The second kappa shape index (κ2) is 6.21. The molecule has 0 saturated heterocycles. The molecule has 104 valence electrons. The van der Waals surface area contributed by atoms with Gasteiger partial charge in [0.05, 0.1) is 16.7 Å². The lowest BCUT2D eigenvalue weighted by molar-refractivity contribution is 0.0867. The van der Waals surface area contributed by atoms with E-state index in [0.29, 0.717) is 16.4 Å². The summed E-state index contributed by atoms with van der Waals surface area (Å²) in [5, 5.41) is 15.6. The Morgan fingerprint density at radius 3 is 2.68 bits per heavy atom. The second-order valence-corrected chi connectivity index (χ2v) is 5.19. The van der Waals surface area contributed by atoms with Gasteiger partial charge in [-0.3, -0.25) is 4.79 Å². The van der Waals surface area contributed by atoms with E-state index in [4.69, 9.17) is 11.6 Å². The van der Waals surface area contributed by atoms with Crippen molar-refractivity contribution < 1.29 is 9.90 Å². The van der Waals surface area contributed by atoms with Gasteiger partial charge in [-0.05, 0) is 31.7 Å². The number of aliphatic hydroxyl groups excluding tert-OH is 1. The Morgan fingerprint density at radius 2 is 2.11 bits per heavy atom. The van der Waals surface area contributed by atoms with Crippen LogP contribution in [-0.2, 0) is 0 Å². The minimum Gasteiger partial charge on any atom is -0.393 e. The highest BCUT2D eigenvalue weighted by Crippen LogP contribution is 2.21. The number of rotatable bonds is 3. The maximum absolute atomic E-state index is 12.1. The predicted octanol–water partition coefficient (Wildman–Crippen LogP) is 1.81. The molecule has 6 heteroatoms. The Bertz CT molecular complexity index is 459. The van der Waals surface area contributed by atoms with Crippen molar-refractivity contribution in [1.29, 1.82) is 0 Å². The van der Waals surface area contributed by atoms with Gasteiger partial charge in [0.25, 0.3) is 5.91 Å². The summed E-state index contributed by atoms with van der Waals surface area (Å²) in [4.78, 5) is 16.1. The molecular formula is C13H18ClN3O2. The lowest BCUT2D eigenvalue weighted by Gasteiger charge is -2.26. The highest BCUT2D eigenvalue weighted by Gasteiger charge is 2.21. The van der Waals surface area contributed by atoms with E-state index >= 15 is 0 Å².